The Labute approximate surface area is 142 Å². The van der Waals surface area contributed by atoms with E-state index in [0.29, 0.717) is 11.3 Å². The molecule has 1 N–H and O–H groups in total. The molecule has 2 aromatic carbocycles. The van der Waals surface area contributed by atoms with Crippen molar-refractivity contribution in [3.05, 3.63) is 62.2 Å². The van der Waals surface area contributed by atoms with Gasteiger partial charge < -0.3 is 9.47 Å². The lowest BCUT2D eigenvalue weighted by Crippen LogP contribution is -1.99. The zero-order chi connectivity index (χ0) is 18.4. The highest BCUT2D eigenvalue weighted by atomic mass is 16.6. The third kappa shape index (κ3) is 4.19. The van der Waals surface area contributed by atoms with Gasteiger partial charge in [0.25, 0.3) is 5.69 Å². The molecule has 0 aliphatic carbocycles. The molecule has 0 aromatic heterocycles. The summed E-state index contributed by atoms with van der Waals surface area (Å²) in [5.41, 5.74) is 3.44. The highest BCUT2D eigenvalue weighted by Gasteiger charge is 2.18. The second kappa shape index (κ2) is 7.73. The molecule has 0 atom stereocenters. The summed E-state index contributed by atoms with van der Waals surface area (Å²) in [5, 5.41) is 25.6. The van der Waals surface area contributed by atoms with E-state index in [0.717, 1.165) is 0 Å². The summed E-state index contributed by atoms with van der Waals surface area (Å²) in [4.78, 5) is 20.5. The lowest BCUT2D eigenvalue weighted by Gasteiger charge is -2.08. The van der Waals surface area contributed by atoms with Crippen LogP contribution in [-0.4, -0.2) is 30.3 Å². The van der Waals surface area contributed by atoms with Gasteiger partial charge in [-0.2, -0.15) is 5.10 Å². The lowest BCUT2D eigenvalue weighted by molar-refractivity contribution is -0.385. The Bertz CT molecular complexity index is 820. The van der Waals surface area contributed by atoms with Gasteiger partial charge in [-0.25, -0.2) is 0 Å². The first kappa shape index (κ1) is 17.7. The average molecular weight is 346 g/mol. The number of ether oxygens (including phenoxy) is 2. The molecule has 0 saturated heterocycles. The summed E-state index contributed by atoms with van der Waals surface area (Å²) in [6.45, 7) is 0. The normalized spacial score (nSPS) is 10.5. The summed E-state index contributed by atoms with van der Waals surface area (Å²) in [7, 11) is 2.71. The molecule has 25 heavy (non-hydrogen) atoms. The van der Waals surface area contributed by atoms with E-state index in [2.05, 4.69) is 10.5 Å². The van der Waals surface area contributed by atoms with Crippen LogP contribution in [0.25, 0.3) is 0 Å². The number of hydrogen-bond donors (Lipinski definition) is 1. The van der Waals surface area contributed by atoms with Crippen LogP contribution in [0.2, 0.25) is 0 Å². The van der Waals surface area contributed by atoms with Crippen molar-refractivity contribution in [3.63, 3.8) is 0 Å². The van der Waals surface area contributed by atoms with Crippen molar-refractivity contribution in [3.8, 4) is 11.5 Å². The number of methoxy groups -OCH3 is 2. The molecule has 0 fully saturated rings. The Morgan fingerprint density at radius 2 is 1.64 bits per heavy atom. The van der Waals surface area contributed by atoms with Gasteiger partial charge in [-0.3, -0.25) is 25.7 Å². The highest BCUT2D eigenvalue weighted by molar-refractivity contribution is 5.86. The monoisotopic (exact) mass is 346 g/mol. The van der Waals surface area contributed by atoms with Crippen molar-refractivity contribution in [2.45, 2.75) is 0 Å². The largest absolute Gasteiger partial charge is 0.496 e. The van der Waals surface area contributed by atoms with Gasteiger partial charge >= 0.3 is 5.69 Å². The van der Waals surface area contributed by atoms with E-state index in [1.165, 1.54) is 56.8 Å². The van der Waals surface area contributed by atoms with E-state index in [1.807, 2.05) is 0 Å². The molecule has 10 heteroatoms. The van der Waals surface area contributed by atoms with E-state index in [-0.39, 0.29) is 22.9 Å². The fraction of sp³-hybridized carbons (Fsp3) is 0.133. The van der Waals surface area contributed by atoms with Gasteiger partial charge in [0.15, 0.2) is 5.75 Å². The van der Waals surface area contributed by atoms with Crippen LogP contribution in [0.15, 0.2) is 41.5 Å². The first-order valence-corrected chi connectivity index (χ1v) is 6.90. The molecule has 0 amide bonds. The van der Waals surface area contributed by atoms with Gasteiger partial charge in [-0.05, 0) is 18.2 Å². The Balaban J connectivity index is 2.22. The van der Waals surface area contributed by atoms with Gasteiger partial charge in [-0.1, -0.05) is 0 Å². The number of benzene rings is 2. The van der Waals surface area contributed by atoms with Crippen molar-refractivity contribution in [2.75, 3.05) is 19.6 Å². The van der Waals surface area contributed by atoms with E-state index in [4.69, 9.17) is 9.47 Å². The molecule has 2 aromatic rings. The smallest absolute Gasteiger partial charge is 0.314 e. The van der Waals surface area contributed by atoms with E-state index in [9.17, 15) is 20.2 Å². The fourth-order valence-electron chi connectivity index (χ4n) is 1.98. The van der Waals surface area contributed by atoms with Crippen LogP contribution in [0, 0.1) is 20.2 Å². The number of rotatable bonds is 7. The molecule has 2 rings (SSSR count). The zero-order valence-electron chi connectivity index (χ0n) is 13.3. The molecule has 0 bridgehead atoms. The molecule has 0 spiro atoms. The molecule has 10 nitrogen and oxygen atoms in total. The number of hydrazone groups is 1. The number of anilines is 1. The maximum absolute atomic E-state index is 11.0. The van der Waals surface area contributed by atoms with Crippen molar-refractivity contribution >= 4 is 23.3 Å². The maximum Gasteiger partial charge on any atom is 0.314 e. The summed E-state index contributed by atoms with van der Waals surface area (Å²) < 4.78 is 10.1. The molecular formula is C15H14N4O6. The Hall–Kier alpha value is -3.69. The first-order valence-electron chi connectivity index (χ1n) is 6.90. The molecule has 0 unspecified atom stereocenters. The number of hydrogen-bond acceptors (Lipinski definition) is 8. The molecule has 0 radical (unpaired) electrons. The molecule has 0 aliphatic rings. The summed E-state index contributed by atoms with van der Waals surface area (Å²) >= 11 is 0. The van der Waals surface area contributed by atoms with Gasteiger partial charge in [0.1, 0.15) is 5.75 Å². The van der Waals surface area contributed by atoms with Crippen LogP contribution in [0.4, 0.5) is 17.1 Å². The molecular weight excluding hydrogens is 332 g/mol. The summed E-state index contributed by atoms with van der Waals surface area (Å²) in [5.74, 6) is 0.323. The van der Waals surface area contributed by atoms with Crippen molar-refractivity contribution in [2.24, 2.45) is 5.10 Å². The van der Waals surface area contributed by atoms with Crippen LogP contribution in [0.5, 0.6) is 11.5 Å². The van der Waals surface area contributed by atoms with Crippen LogP contribution in [0.1, 0.15) is 5.56 Å². The van der Waals surface area contributed by atoms with E-state index in [1.54, 1.807) is 0 Å². The van der Waals surface area contributed by atoms with E-state index < -0.39 is 9.85 Å². The minimum absolute atomic E-state index is 0.0312. The molecule has 130 valence electrons. The van der Waals surface area contributed by atoms with Gasteiger partial charge in [0.2, 0.25) is 0 Å². The minimum Gasteiger partial charge on any atom is -0.496 e. The second-order valence-corrected chi connectivity index (χ2v) is 4.70. The number of nitrogens with one attached hydrogen (secondary N) is 1. The van der Waals surface area contributed by atoms with Crippen molar-refractivity contribution in [1.29, 1.82) is 0 Å². The Kier molecular flexibility index (Phi) is 5.46. The molecule has 0 saturated carbocycles. The van der Waals surface area contributed by atoms with Gasteiger partial charge in [0.05, 0.1) is 42.0 Å². The van der Waals surface area contributed by atoms with Crippen LogP contribution < -0.4 is 14.9 Å². The Morgan fingerprint density at radius 1 is 1.00 bits per heavy atom. The third-order valence-electron chi connectivity index (χ3n) is 3.20. The molecule has 0 aliphatic heterocycles. The van der Waals surface area contributed by atoms with Crippen LogP contribution in [0.3, 0.4) is 0 Å². The molecule has 0 heterocycles. The predicted octanol–water partition coefficient (Wildman–Crippen LogP) is 2.97. The lowest BCUT2D eigenvalue weighted by atomic mass is 10.2. The number of non-ortho nitro benzene ring substituents is 1. The standard InChI is InChI=1S/C15H14N4O6/c1-24-14-8-13(19(22)23)15(25-2)7-10(14)9-16-17-11-3-5-12(6-4-11)18(20)21/h3-9,17H,1-2H3/b16-9+. The minimum atomic E-state index is -0.572. The Morgan fingerprint density at radius 3 is 2.16 bits per heavy atom. The average Bonchev–Trinajstić information content (AvgIpc) is 2.61. The maximum atomic E-state index is 11.0. The topological polar surface area (TPSA) is 129 Å². The quantitative estimate of drug-likeness (QED) is 0.463. The summed E-state index contributed by atoms with van der Waals surface area (Å²) in [6.07, 6.45) is 1.40. The first-order chi connectivity index (χ1) is 12.0. The number of nitro benzene ring substituents is 2. The number of nitro groups is 2. The second-order valence-electron chi connectivity index (χ2n) is 4.70. The predicted molar refractivity (Wildman–Crippen MR) is 90.5 cm³/mol. The van der Waals surface area contributed by atoms with Crippen molar-refractivity contribution in [1.82, 2.24) is 0 Å². The number of nitrogens with zero attached hydrogens (tertiary/aromatic N) is 3. The third-order valence-corrected chi connectivity index (χ3v) is 3.20. The van der Waals surface area contributed by atoms with Crippen LogP contribution >= 0.6 is 0 Å². The van der Waals surface area contributed by atoms with Crippen LogP contribution in [-0.2, 0) is 0 Å². The highest BCUT2D eigenvalue weighted by Crippen LogP contribution is 2.33. The SMILES string of the molecule is COc1cc([N+](=O)[O-])c(OC)cc1/C=N/Nc1ccc([N+](=O)[O-])cc1. The zero-order valence-corrected chi connectivity index (χ0v) is 13.3. The van der Waals surface area contributed by atoms with Crippen molar-refractivity contribution < 1.29 is 19.3 Å². The van der Waals surface area contributed by atoms with E-state index >= 15 is 0 Å². The summed E-state index contributed by atoms with van der Waals surface area (Å²) in [6, 6.07) is 8.36. The van der Waals surface area contributed by atoms with Gasteiger partial charge in [0, 0.05) is 17.7 Å². The fourth-order valence-corrected chi connectivity index (χ4v) is 1.98. The van der Waals surface area contributed by atoms with Gasteiger partial charge in [-0.15, -0.1) is 0 Å².